The van der Waals surface area contributed by atoms with Crippen molar-refractivity contribution < 1.29 is 9.53 Å². The first kappa shape index (κ1) is 12.0. The van der Waals surface area contributed by atoms with Gasteiger partial charge in [0.15, 0.2) is 0 Å². The molecule has 1 fully saturated rings. The molecule has 2 N–H and O–H groups in total. The van der Waals surface area contributed by atoms with E-state index in [1.165, 1.54) is 0 Å². The molecule has 5 nitrogen and oxygen atoms in total. The van der Waals surface area contributed by atoms with E-state index in [1.807, 2.05) is 13.0 Å². The number of hydrogen-bond acceptors (Lipinski definition) is 4. The molecule has 1 saturated heterocycles. The van der Waals surface area contributed by atoms with Crippen LogP contribution in [-0.4, -0.2) is 37.7 Å². The van der Waals surface area contributed by atoms with E-state index in [0.29, 0.717) is 0 Å². The van der Waals surface area contributed by atoms with Gasteiger partial charge in [-0.2, -0.15) is 5.26 Å². The highest BCUT2D eigenvalue weighted by Gasteiger charge is 2.27. The summed E-state index contributed by atoms with van der Waals surface area (Å²) in [7, 11) is 0. The second-order valence-electron chi connectivity index (χ2n) is 3.95. The third kappa shape index (κ3) is 4.28. The van der Waals surface area contributed by atoms with Crippen molar-refractivity contribution in [1.29, 1.82) is 5.26 Å². The predicted octanol–water partition coefficient (Wildman–Crippen LogP) is -0.215. The van der Waals surface area contributed by atoms with E-state index in [4.69, 9.17) is 10.00 Å². The average Bonchev–Trinajstić information content (AvgIpc) is 2.25. The van der Waals surface area contributed by atoms with Crippen LogP contribution in [0.3, 0.4) is 0 Å². The molecule has 0 radical (unpaired) electrons. The van der Waals surface area contributed by atoms with Gasteiger partial charge >= 0.3 is 0 Å². The SMILES string of the molecule is CC1(OCC(=O)NCC#N)CCCNC1. The van der Waals surface area contributed by atoms with Crippen LogP contribution in [0.15, 0.2) is 0 Å². The van der Waals surface area contributed by atoms with Crippen molar-refractivity contribution in [1.82, 2.24) is 10.6 Å². The van der Waals surface area contributed by atoms with Gasteiger partial charge in [-0.25, -0.2) is 0 Å². The number of ether oxygens (including phenoxy) is 1. The summed E-state index contributed by atoms with van der Waals surface area (Å²) in [6.45, 7) is 3.85. The summed E-state index contributed by atoms with van der Waals surface area (Å²) < 4.78 is 5.55. The Morgan fingerprint density at radius 1 is 1.73 bits per heavy atom. The van der Waals surface area contributed by atoms with Gasteiger partial charge < -0.3 is 15.4 Å². The molecule has 1 heterocycles. The molecule has 1 aliphatic rings. The predicted molar refractivity (Wildman–Crippen MR) is 55.1 cm³/mol. The van der Waals surface area contributed by atoms with E-state index in [1.54, 1.807) is 0 Å². The second-order valence-corrected chi connectivity index (χ2v) is 3.95. The van der Waals surface area contributed by atoms with Crippen molar-refractivity contribution in [3.05, 3.63) is 0 Å². The summed E-state index contributed by atoms with van der Waals surface area (Å²) in [6, 6.07) is 1.85. The van der Waals surface area contributed by atoms with Crippen molar-refractivity contribution in [3.63, 3.8) is 0 Å². The quantitative estimate of drug-likeness (QED) is 0.631. The van der Waals surface area contributed by atoms with Crippen LogP contribution in [0.2, 0.25) is 0 Å². The van der Waals surface area contributed by atoms with Crippen molar-refractivity contribution in [2.75, 3.05) is 26.2 Å². The lowest BCUT2D eigenvalue weighted by Crippen LogP contribution is -2.47. The van der Waals surface area contributed by atoms with Crippen LogP contribution in [0.1, 0.15) is 19.8 Å². The molecule has 1 rings (SSSR count). The highest BCUT2D eigenvalue weighted by molar-refractivity contribution is 5.77. The Kier molecular flexibility index (Phi) is 4.53. The first-order chi connectivity index (χ1) is 7.16. The van der Waals surface area contributed by atoms with Crippen LogP contribution >= 0.6 is 0 Å². The van der Waals surface area contributed by atoms with Gasteiger partial charge in [-0.05, 0) is 26.3 Å². The van der Waals surface area contributed by atoms with Crippen LogP contribution in [0.25, 0.3) is 0 Å². The summed E-state index contributed by atoms with van der Waals surface area (Å²) in [5, 5.41) is 13.9. The van der Waals surface area contributed by atoms with E-state index in [9.17, 15) is 4.79 Å². The van der Waals surface area contributed by atoms with Gasteiger partial charge in [0.25, 0.3) is 0 Å². The highest BCUT2D eigenvalue weighted by Crippen LogP contribution is 2.19. The van der Waals surface area contributed by atoms with E-state index < -0.39 is 0 Å². The number of nitrogens with zero attached hydrogens (tertiary/aromatic N) is 1. The fraction of sp³-hybridized carbons (Fsp3) is 0.800. The number of nitriles is 1. The van der Waals surface area contributed by atoms with Crippen LogP contribution in [0, 0.1) is 11.3 Å². The summed E-state index contributed by atoms with van der Waals surface area (Å²) >= 11 is 0. The van der Waals surface area contributed by atoms with Crippen molar-refractivity contribution in [2.45, 2.75) is 25.4 Å². The first-order valence-electron chi connectivity index (χ1n) is 5.15. The number of rotatable bonds is 4. The normalized spacial score (nSPS) is 25.6. The molecule has 0 saturated carbocycles. The minimum Gasteiger partial charge on any atom is -0.364 e. The molecule has 1 amide bonds. The zero-order valence-corrected chi connectivity index (χ0v) is 9.01. The molecule has 0 aromatic carbocycles. The Hall–Kier alpha value is -1.12. The molecule has 1 aliphatic heterocycles. The third-order valence-electron chi connectivity index (χ3n) is 2.47. The number of nitrogens with one attached hydrogen (secondary N) is 2. The molecule has 0 aromatic rings. The van der Waals surface area contributed by atoms with E-state index in [2.05, 4.69) is 10.6 Å². The molecule has 1 atom stereocenters. The molecule has 84 valence electrons. The van der Waals surface area contributed by atoms with Crippen LogP contribution in [0.4, 0.5) is 0 Å². The lowest BCUT2D eigenvalue weighted by molar-refractivity contribution is -0.133. The zero-order valence-electron chi connectivity index (χ0n) is 9.01. The van der Waals surface area contributed by atoms with Gasteiger partial charge in [-0.1, -0.05) is 0 Å². The summed E-state index contributed by atoms with van der Waals surface area (Å²) in [4.78, 5) is 11.2. The summed E-state index contributed by atoms with van der Waals surface area (Å²) in [5.41, 5.74) is -0.248. The second kappa shape index (κ2) is 5.69. The van der Waals surface area contributed by atoms with E-state index in [0.717, 1.165) is 25.9 Å². The Bertz CT molecular complexity index is 254. The number of carbonyl (C=O) groups is 1. The lowest BCUT2D eigenvalue weighted by atomic mass is 9.96. The van der Waals surface area contributed by atoms with Gasteiger partial charge in [0.2, 0.25) is 5.91 Å². The fourth-order valence-corrected chi connectivity index (χ4v) is 1.58. The average molecular weight is 211 g/mol. The van der Waals surface area contributed by atoms with Crippen molar-refractivity contribution in [3.8, 4) is 6.07 Å². The minimum absolute atomic E-state index is 0.0276. The maximum atomic E-state index is 11.2. The van der Waals surface area contributed by atoms with E-state index in [-0.39, 0.29) is 24.7 Å². The Labute approximate surface area is 89.8 Å². The zero-order chi connectivity index (χ0) is 11.1. The summed E-state index contributed by atoms with van der Waals surface area (Å²) in [5.74, 6) is -0.233. The van der Waals surface area contributed by atoms with Gasteiger partial charge in [0.1, 0.15) is 13.2 Å². The molecular weight excluding hydrogens is 194 g/mol. The number of piperidine rings is 1. The highest BCUT2D eigenvalue weighted by atomic mass is 16.5. The molecule has 0 aliphatic carbocycles. The van der Waals surface area contributed by atoms with Crippen molar-refractivity contribution >= 4 is 5.91 Å². The molecule has 15 heavy (non-hydrogen) atoms. The number of hydrogen-bond donors (Lipinski definition) is 2. The monoisotopic (exact) mass is 211 g/mol. The van der Waals surface area contributed by atoms with Gasteiger partial charge in [0, 0.05) is 6.54 Å². The molecule has 0 aromatic heterocycles. The Balaban J connectivity index is 2.23. The van der Waals surface area contributed by atoms with Crippen LogP contribution < -0.4 is 10.6 Å². The standard InChI is InChI=1S/C10H17N3O2/c1-10(3-2-5-12-8-10)15-7-9(14)13-6-4-11/h12H,2-3,5-8H2,1H3,(H,13,14). The van der Waals surface area contributed by atoms with Crippen LogP contribution in [0.5, 0.6) is 0 Å². The van der Waals surface area contributed by atoms with Gasteiger partial charge in [-0.15, -0.1) is 0 Å². The lowest BCUT2D eigenvalue weighted by Gasteiger charge is -2.33. The first-order valence-corrected chi connectivity index (χ1v) is 5.15. The van der Waals surface area contributed by atoms with Gasteiger partial charge in [0.05, 0.1) is 11.7 Å². The number of amides is 1. The number of carbonyl (C=O) groups excluding carboxylic acids is 1. The Morgan fingerprint density at radius 3 is 3.13 bits per heavy atom. The topological polar surface area (TPSA) is 74.1 Å². The molecule has 0 spiro atoms. The summed E-state index contributed by atoms with van der Waals surface area (Å²) in [6.07, 6.45) is 2.03. The Morgan fingerprint density at radius 2 is 2.53 bits per heavy atom. The maximum absolute atomic E-state index is 11.2. The smallest absolute Gasteiger partial charge is 0.246 e. The minimum atomic E-state index is -0.248. The molecule has 1 unspecified atom stereocenters. The van der Waals surface area contributed by atoms with Crippen LogP contribution in [-0.2, 0) is 9.53 Å². The largest absolute Gasteiger partial charge is 0.364 e. The molecule has 0 bridgehead atoms. The molecular formula is C10H17N3O2. The molecule has 5 heteroatoms. The van der Waals surface area contributed by atoms with E-state index >= 15 is 0 Å². The fourth-order valence-electron chi connectivity index (χ4n) is 1.58. The van der Waals surface area contributed by atoms with Gasteiger partial charge in [-0.3, -0.25) is 4.79 Å². The third-order valence-corrected chi connectivity index (χ3v) is 2.47. The maximum Gasteiger partial charge on any atom is 0.246 e. The van der Waals surface area contributed by atoms with Crippen molar-refractivity contribution in [2.24, 2.45) is 0 Å².